The highest BCUT2D eigenvalue weighted by Gasteiger charge is 2.32. The highest BCUT2D eigenvalue weighted by molar-refractivity contribution is 5.96. The van der Waals surface area contributed by atoms with Gasteiger partial charge in [-0.15, -0.1) is 0 Å². The molecule has 0 saturated carbocycles. The van der Waals surface area contributed by atoms with Gasteiger partial charge in [0.15, 0.2) is 0 Å². The summed E-state index contributed by atoms with van der Waals surface area (Å²) in [5, 5.41) is 9.17. The average Bonchev–Trinajstić information content (AvgIpc) is 2.72. The molecule has 0 aromatic heterocycles. The molecule has 0 bridgehead atoms. The zero-order chi connectivity index (χ0) is 19.1. The summed E-state index contributed by atoms with van der Waals surface area (Å²) >= 11 is 0. The highest BCUT2D eigenvalue weighted by atomic mass is 16.3. The Morgan fingerprint density at radius 3 is 2.56 bits per heavy atom. The molecule has 2 aromatic rings. The van der Waals surface area contributed by atoms with Crippen LogP contribution in [0.25, 0.3) is 11.1 Å². The molecule has 4 nitrogen and oxygen atoms in total. The summed E-state index contributed by atoms with van der Waals surface area (Å²) in [5.41, 5.74) is 3.27. The van der Waals surface area contributed by atoms with E-state index in [1.807, 2.05) is 35.2 Å². The van der Waals surface area contributed by atoms with Gasteiger partial charge in [0.2, 0.25) is 5.91 Å². The fourth-order valence-electron chi connectivity index (χ4n) is 3.80. The molecule has 0 radical (unpaired) electrons. The maximum atomic E-state index is 12.9. The van der Waals surface area contributed by atoms with Crippen molar-refractivity contribution in [2.45, 2.75) is 38.6 Å². The van der Waals surface area contributed by atoms with Crippen LogP contribution in [0.2, 0.25) is 0 Å². The lowest BCUT2D eigenvalue weighted by molar-refractivity contribution is -0.122. The number of benzene rings is 2. The molecule has 1 N–H and O–H groups in total. The van der Waals surface area contributed by atoms with Crippen LogP contribution < -0.4 is 4.90 Å². The summed E-state index contributed by atoms with van der Waals surface area (Å²) < 4.78 is 0. The normalized spacial score (nSPS) is 18.1. The first kappa shape index (κ1) is 19.6. The number of aliphatic hydroxyl groups excluding tert-OH is 1. The molecular formula is C23H30N2O2. The van der Waals surface area contributed by atoms with Gasteiger partial charge in [-0.25, -0.2) is 0 Å². The number of piperazine rings is 1. The zero-order valence-corrected chi connectivity index (χ0v) is 16.2. The van der Waals surface area contributed by atoms with Crippen molar-refractivity contribution in [3.63, 3.8) is 0 Å². The van der Waals surface area contributed by atoms with Crippen molar-refractivity contribution in [2.24, 2.45) is 0 Å². The number of nitrogens with zero attached hydrogens (tertiary/aromatic N) is 2. The van der Waals surface area contributed by atoms with Gasteiger partial charge in [0.25, 0.3) is 0 Å². The summed E-state index contributed by atoms with van der Waals surface area (Å²) in [7, 11) is 0. The number of amides is 1. The van der Waals surface area contributed by atoms with Crippen molar-refractivity contribution in [1.29, 1.82) is 0 Å². The lowest BCUT2D eigenvalue weighted by Crippen LogP contribution is -2.56. The fraction of sp³-hybridized carbons (Fsp3) is 0.435. The molecule has 1 aliphatic rings. The van der Waals surface area contributed by atoms with Crippen molar-refractivity contribution in [1.82, 2.24) is 4.90 Å². The Morgan fingerprint density at radius 1 is 1.04 bits per heavy atom. The van der Waals surface area contributed by atoms with Crippen LogP contribution in [0, 0.1) is 0 Å². The van der Waals surface area contributed by atoms with Gasteiger partial charge in [0.1, 0.15) is 0 Å². The van der Waals surface area contributed by atoms with Crippen molar-refractivity contribution in [3.8, 4) is 11.1 Å². The topological polar surface area (TPSA) is 43.8 Å². The van der Waals surface area contributed by atoms with E-state index in [2.05, 4.69) is 36.1 Å². The van der Waals surface area contributed by atoms with E-state index in [1.54, 1.807) is 0 Å². The molecule has 0 unspecified atom stereocenters. The average molecular weight is 367 g/mol. The van der Waals surface area contributed by atoms with Crippen molar-refractivity contribution in [3.05, 3.63) is 54.6 Å². The largest absolute Gasteiger partial charge is 0.396 e. The van der Waals surface area contributed by atoms with Gasteiger partial charge in [0.05, 0.1) is 6.54 Å². The second-order valence-corrected chi connectivity index (χ2v) is 7.26. The molecule has 1 aliphatic heterocycles. The molecule has 0 spiro atoms. The summed E-state index contributed by atoms with van der Waals surface area (Å²) in [6, 6.07) is 18.9. The minimum Gasteiger partial charge on any atom is -0.396 e. The van der Waals surface area contributed by atoms with Crippen LogP contribution in [0.1, 0.15) is 32.6 Å². The molecule has 1 atom stereocenters. The van der Waals surface area contributed by atoms with E-state index < -0.39 is 0 Å². The summed E-state index contributed by atoms with van der Waals surface area (Å²) in [4.78, 5) is 17.1. The van der Waals surface area contributed by atoms with Gasteiger partial charge in [-0.05, 0) is 36.1 Å². The van der Waals surface area contributed by atoms with Crippen LogP contribution in [0.15, 0.2) is 54.6 Å². The Hall–Kier alpha value is -2.17. The molecule has 4 heteroatoms. The number of hydrogen-bond acceptors (Lipinski definition) is 3. The molecule has 2 aromatic carbocycles. The smallest absolute Gasteiger partial charge is 0.241 e. The number of hydrogen-bond donors (Lipinski definition) is 1. The van der Waals surface area contributed by atoms with E-state index in [9.17, 15) is 9.90 Å². The molecule has 1 heterocycles. The minimum atomic E-state index is 0.144. The number of rotatable bonds is 8. The Kier molecular flexibility index (Phi) is 7.02. The third kappa shape index (κ3) is 4.96. The third-order valence-corrected chi connectivity index (χ3v) is 5.31. The second kappa shape index (κ2) is 9.67. The van der Waals surface area contributed by atoms with Crippen LogP contribution in [0.4, 0.5) is 5.69 Å². The lowest BCUT2D eigenvalue weighted by atomic mass is 10.0. The lowest BCUT2D eigenvalue weighted by Gasteiger charge is -2.41. The van der Waals surface area contributed by atoms with Gasteiger partial charge in [0, 0.05) is 31.4 Å². The summed E-state index contributed by atoms with van der Waals surface area (Å²) in [6.45, 7) is 4.32. The Balaban J connectivity index is 1.80. The van der Waals surface area contributed by atoms with Gasteiger partial charge in [-0.2, -0.15) is 0 Å². The maximum Gasteiger partial charge on any atom is 0.241 e. The number of unbranched alkanes of at least 4 members (excludes halogenated alkanes) is 1. The first-order valence-electron chi connectivity index (χ1n) is 10.0. The SMILES string of the molecule is CCCC[C@@H]1CN(c2cccc(-c3ccccc3)c2)C(=O)CN1CCCO. The van der Waals surface area contributed by atoms with E-state index in [-0.39, 0.29) is 12.5 Å². The predicted molar refractivity (Wildman–Crippen MR) is 111 cm³/mol. The second-order valence-electron chi connectivity index (χ2n) is 7.26. The molecule has 3 rings (SSSR count). The van der Waals surface area contributed by atoms with Crippen LogP contribution in [-0.4, -0.2) is 48.2 Å². The van der Waals surface area contributed by atoms with Gasteiger partial charge in [-0.1, -0.05) is 62.2 Å². The van der Waals surface area contributed by atoms with E-state index in [1.165, 1.54) is 0 Å². The van der Waals surface area contributed by atoms with Crippen LogP contribution >= 0.6 is 0 Å². The minimum absolute atomic E-state index is 0.144. The first-order valence-corrected chi connectivity index (χ1v) is 10.0. The van der Waals surface area contributed by atoms with E-state index in [4.69, 9.17) is 0 Å². The standard InChI is InChI=1S/C23H30N2O2/c1-2-3-12-22-17-25(23(27)18-24(22)14-8-15-26)21-13-7-11-20(16-21)19-9-5-4-6-10-19/h4-7,9-11,13,16,22,26H,2-3,8,12,14-15,17-18H2,1H3/t22-/m1/s1. The van der Waals surface area contributed by atoms with Crippen molar-refractivity contribution < 1.29 is 9.90 Å². The van der Waals surface area contributed by atoms with Crippen molar-refractivity contribution >= 4 is 11.6 Å². The highest BCUT2D eigenvalue weighted by Crippen LogP contribution is 2.27. The van der Waals surface area contributed by atoms with E-state index >= 15 is 0 Å². The maximum absolute atomic E-state index is 12.9. The Morgan fingerprint density at radius 2 is 1.81 bits per heavy atom. The first-order chi connectivity index (χ1) is 13.2. The van der Waals surface area contributed by atoms with Crippen LogP contribution in [-0.2, 0) is 4.79 Å². The number of anilines is 1. The van der Waals surface area contributed by atoms with Gasteiger partial charge >= 0.3 is 0 Å². The predicted octanol–water partition coefficient (Wildman–Crippen LogP) is 3.94. The molecule has 27 heavy (non-hydrogen) atoms. The Bertz CT molecular complexity index is 732. The van der Waals surface area contributed by atoms with E-state index in [0.717, 1.165) is 55.6 Å². The molecule has 1 amide bonds. The third-order valence-electron chi connectivity index (χ3n) is 5.31. The van der Waals surface area contributed by atoms with Gasteiger partial charge < -0.3 is 10.0 Å². The molecule has 1 fully saturated rings. The van der Waals surface area contributed by atoms with Crippen LogP contribution in [0.5, 0.6) is 0 Å². The van der Waals surface area contributed by atoms with E-state index in [0.29, 0.717) is 12.6 Å². The number of aliphatic hydroxyl groups is 1. The quantitative estimate of drug-likeness (QED) is 0.769. The monoisotopic (exact) mass is 366 g/mol. The van der Waals surface area contributed by atoms with Crippen molar-refractivity contribution in [2.75, 3.05) is 31.1 Å². The Labute approximate surface area is 162 Å². The molecule has 0 aliphatic carbocycles. The molecule has 1 saturated heterocycles. The summed E-state index contributed by atoms with van der Waals surface area (Å²) in [6.07, 6.45) is 4.12. The molecular weight excluding hydrogens is 336 g/mol. The number of carbonyl (C=O) groups is 1. The van der Waals surface area contributed by atoms with Crippen LogP contribution in [0.3, 0.4) is 0 Å². The fourth-order valence-corrected chi connectivity index (χ4v) is 3.80. The number of carbonyl (C=O) groups excluding carboxylic acids is 1. The summed E-state index contributed by atoms with van der Waals surface area (Å²) in [5.74, 6) is 0.144. The van der Waals surface area contributed by atoms with Gasteiger partial charge in [-0.3, -0.25) is 9.69 Å². The zero-order valence-electron chi connectivity index (χ0n) is 16.2. The molecule has 144 valence electrons.